The summed E-state index contributed by atoms with van der Waals surface area (Å²) >= 11 is 0. The molecule has 2 aliphatic heterocycles. The Morgan fingerprint density at radius 1 is 1.03 bits per heavy atom. The van der Waals surface area contributed by atoms with Gasteiger partial charge in [0.2, 0.25) is 0 Å². The van der Waals surface area contributed by atoms with Gasteiger partial charge in [0.1, 0.15) is 5.82 Å². The smallest absolute Gasteiger partial charge is 0.191 e. The third-order valence-electron chi connectivity index (χ3n) is 6.91. The number of guanidine groups is 1. The Labute approximate surface area is 180 Å². The Bertz CT molecular complexity index is 679. The third-order valence-corrected chi connectivity index (χ3v) is 6.91. The topological polar surface area (TPSA) is 46.1 Å². The largest absolute Gasteiger partial charge is 0.369 e. The van der Waals surface area contributed by atoms with E-state index in [1.54, 1.807) is 12.1 Å². The van der Waals surface area contributed by atoms with Crippen molar-refractivity contribution >= 4 is 11.6 Å². The van der Waals surface area contributed by atoms with Gasteiger partial charge in [-0.1, -0.05) is 12.8 Å². The molecule has 1 saturated carbocycles. The van der Waals surface area contributed by atoms with Crippen molar-refractivity contribution in [2.45, 2.75) is 44.2 Å². The van der Waals surface area contributed by atoms with Crippen LogP contribution in [0, 0.1) is 5.82 Å². The van der Waals surface area contributed by atoms with Crippen molar-refractivity contribution in [3.63, 3.8) is 0 Å². The van der Waals surface area contributed by atoms with E-state index in [2.05, 4.69) is 30.3 Å². The van der Waals surface area contributed by atoms with Crippen LogP contribution in [0.1, 0.15) is 32.1 Å². The molecule has 3 aliphatic rings. The monoisotopic (exact) mass is 416 g/mol. The van der Waals surface area contributed by atoms with Crippen molar-refractivity contribution in [3.8, 4) is 0 Å². The standard InChI is InChI=1S/C23H37FN6/c1-25-23(27-20-10-12-30(18-20)21-4-2-3-5-21)26-11-13-28-14-16-29(17-15-28)22-8-6-19(24)7-9-22/h6-9,20-21H,2-5,10-18H2,1H3,(H2,25,26,27). The minimum absolute atomic E-state index is 0.172. The van der Waals surface area contributed by atoms with E-state index in [1.165, 1.54) is 38.6 Å². The van der Waals surface area contributed by atoms with Gasteiger partial charge in [-0.05, 0) is 43.5 Å². The maximum atomic E-state index is 13.1. The van der Waals surface area contributed by atoms with Gasteiger partial charge >= 0.3 is 0 Å². The summed E-state index contributed by atoms with van der Waals surface area (Å²) in [5.41, 5.74) is 1.11. The molecule has 1 aromatic carbocycles. The maximum Gasteiger partial charge on any atom is 0.191 e. The molecular formula is C23H37FN6. The van der Waals surface area contributed by atoms with E-state index in [0.29, 0.717) is 6.04 Å². The van der Waals surface area contributed by atoms with Gasteiger partial charge in [-0.3, -0.25) is 14.8 Å². The molecule has 2 heterocycles. The summed E-state index contributed by atoms with van der Waals surface area (Å²) in [6.45, 7) is 8.31. The number of rotatable bonds is 6. The van der Waals surface area contributed by atoms with E-state index >= 15 is 0 Å². The minimum Gasteiger partial charge on any atom is -0.369 e. The third kappa shape index (κ3) is 5.64. The second-order valence-electron chi connectivity index (χ2n) is 8.87. The molecule has 0 amide bonds. The van der Waals surface area contributed by atoms with Crippen LogP contribution in [-0.4, -0.2) is 87.2 Å². The van der Waals surface area contributed by atoms with Gasteiger partial charge < -0.3 is 15.5 Å². The van der Waals surface area contributed by atoms with Crippen molar-refractivity contribution in [1.82, 2.24) is 20.4 Å². The lowest BCUT2D eigenvalue weighted by molar-refractivity contribution is 0.242. The van der Waals surface area contributed by atoms with E-state index in [9.17, 15) is 4.39 Å². The molecule has 30 heavy (non-hydrogen) atoms. The van der Waals surface area contributed by atoms with Crippen molar-refractivity contribution in [2.75, 3.05) is 64.3 Å². The zero-order valence-corrected chi connectivity index (χ0v) is 18.3. The highest BCUT2D eigenvalue weighted by atomic mass is 19.1. The van der Waals surface area contributed by atoms with E-state index in [1.807, 2.05) is 19.2 Å². The number of anilines is 1. The lowest BCUT2D eigenvalue weighted by atomic mass is 10.2. The Hall–Kier alpha value is -1.86. The van der Waals surface area contributed by atoms with Gasteiger partial charge in [-0.25, -0.2) is 4.39 Å². The van der Waals surface area contributed by atoms with Gasteiger partial charge in [-0.2, -0.15) is 0 Å². The molecule has 0 spiro atoms. The number of hydrogen-bond donors (Lipinski definition) is 2. The number of nitrogens with one attached hydrogen (secondary N) is 2. The molecular weight excluding hydrogens is 379 g/mol. The summed E-state index contributed by atoms with van der Waals surface area (Å²) in [5, 5.41) is 7.13. The predicted octanol–water partition coefficient (Wildman–Crippen LogP) is 2.13. The molecule has 6 nitrogen and oxygen atoms in total. The second-order valence-corrected chi connectivity index (χ2v) is 8.87. The van der Waals surface area contributed by atoms with Crippen LogP contribution in [0.3, 0.4) is 0 Å². The number of nitrogens with zero attached hydrogens (tertiary/aromatic N) is 4. The number of piperazine rings is 1. The fourth-order valence-electron chi connectivity index (χ4n) is 5.11. The summed E-state index contributed by atoms with van der Waals surface area (Å²) in [7, 11) is 1.86. The lowest BCUT2D eigenvalue weighted by Gasteiger charge is -2.36. The van der Waals surface area contributed by atoms with Crippen LogP contribution in [0.25, 0.3) is 0 Å². The average molecular weight is 417 g/mol. The zero-order valence-electron chi connectivity index (χ0n) is 18.3. The highest BCUT2D eigenvalue weighted by Gasteiger charge is 2.30. The molecule has 2 N–H and O–H groups in total. The molecule has 166 valence electrons. The predicted molar refractivity (Wildman–Crippen MR) is 122 cm³/mol. The van der Waals surface area contributed by atoms with E-state index in [4.69, 9.17) is 0 Å². The van der Waals surface area contributed by atoms with Crippen molar-refractivity contribution in [3.05, 3.63) is 30.1 Å². The molecule has 0 aromatic heterocycles. The maximum absolute atomic E-state index is 13.1. The van der Waals surface area contributed by atoms with Gasteiger partial charge in [0.25, 0.3) is 0 Å². The molecule has 0 radical (unpaired) electrons. The molecule has 1 unspecified atom stereocenters. The summed E-state index contributed by atoms with van der Waals surface area (Å²) in [4.78, 5) is 11.9. The van der Waals surface area contributed by atoms with Crippen molar-refractivity contribution in [1.29, 1.82) is 0 Å². The fraction of sp³-hybridized carbons (Fsp3) is 0.696. The zero-order chi connectivity index (χ0) is 20.8. The molecule has 1 atom stereocenters. The van der Waals surface area contributed by atoms with Crippen LogP contribution in [0.2, 0.25) is 0 Å². The van der Waals surface area contributed by atoms with Gasteiger partial charge in [0.15, 0.2) is 5.96 Å². The quantitative estimate of drug-likeness (QED) is 0.550. The minimum atomic E-state index is -0.172. The van der Waals surface area contributed by atoms with Crippen LogP contribution in [0.4, 0.5) is 10.1 Å². The van der Waals surface area contributed by atoms with Crippen LogP contribution < -0.4 is 15.5 Å². The fourth-order valence-corrected chi connectivity index (χ4v) is 5.11. The van der Waals surface area contributed by atoms with Crippen LogP contribution in [-0.2, 0) is 0 Å². The van der Waals surface area contributed by atoms with E-state index in [0.717, 1.165) is 63.5 Å². The first-order valence-electron chi connectivity index (χ1n) is 11.7. The first kappa shape index (κ1) is 21.4. The van der Waals surface area contributed by atoms with E-state index < -0.39 is 0 Å². The van der Waals surface area contributed by atoms with Gasteiger partial charge in [0.05, 0.1) is 0 Å². The lowest BCUT2D eigenvalue weighted by Crippen LogP contribution is -2.50. The molecule has 0 bridgehead atoms. The van der Waals surface area contributed by atoms with Gasteiger partial charge in [-0.15, -0.1) is 0 Å². The number of aliphatic imine (C=N–C) groups is 1. The number of halogens is 1. The molecule has 1 aromatic rings. The molecule has 1 aliphatic carbocycles. The summed E-state index contributed by atoms with van der Waals surface area (Å²) in [6.07, 6.45) is 6.78. The van der Waals surface area contributed by atoms with Crippen molar-refractivity contribution < 1.29 is 4.39 Å². The number of benzene rings is 1. The Balaban J connectivity index is 1.13. The summed E-state index contributed by atoms with van der Waals surface area (Å²) < 4.78 is 13.1. The Morgan fingerprint density at radius 3 is 2.47 bits per heavy atom. The highest BCUT2D eigenvalue weighted by Crippen LogP contribution is 2.26. The highest BCUT2D eigenvalue weighted by molar-refractivity contribution is 5.80. The first-order chi connectivity index (χ1) is 14.7. The van der Waals surface area contributed by atoms with Crippen molar-refractivity contribution in [2.24, 2.45) is 4.99 Å². The summed E-state index contributed by atoms with van der Waals surface area (Å²) in [6, 6.07) is 8.16. The Kier molecular flexibility index (Phi) is 7.44. The van der Waals surface area contributed by atoms with Crippen LogP contribution in [0.15, 0.2) is 29.3 Å². The molecule has 7 heteroatoms. The van der Waals surface area contributed by atoms with Crippen LogP contribution in [0.5, 0.6) is 0 Å². The normalized spacial score (nSPS) is 24.5. The molecule has 3 fully saturated rings. The Morgan fingerprint density at radius 2 is 1.77 bits per heavy atom. The first-order valence-corrected chi connectivity index (χ1v) is 11.7. The molecule has 4 rings (SSSR count). The molecule has 2 saturated heterocycles. The van der Waals surface area contributed by atoms with Crippen LogP contribution >= 0.6 is 0 Å². The number of hydrogen-bond acceptors (Lipinski definition) is 4. The summed E-state index contributed by atoms with van der Waals surface area (Å²) in [5.74, 6) is 0.757. The van der Waals surface area contributed by atoms with E-state index in [-0.39, 0.29) is 5.82 Å². The second kappa shape index (κ2) is 10.4. The number of likely N-dealkylation sites (tertiary alicyclic amines) is 1. The average Bonchev–Trinajstić information content (AvgIpc) is 3.46. The SMILES string of the molecule is CN=C(NCCN1CCN(c2ccc(F)cc2)CC1)NC1CCN(C2CCCC2)C1. The van der Waals surface area contributed by atoms with Gasteiger partial charge in [0, 0.05) is 77.2 Å².